The van der Waals surface area contributed by atoms with E-state index in [0.29, 0.717) is 6.92 Å². The van der Waals surface area contributed by atoms with E-state index in [1.165, 1.54) is 13.8 Å². The molecule has 1 saturated heterocycles. The van der Waals surface area contributed by atoms with Crippen LogP contribution in [0.1, 0.15) is 82.2 Å². The summed E-state index contributed by atoms with van der Waals surface area (Å²) in [5.74, 6) is -11.4. The van der Waals surface area contributed by atoms with Gasteiger partial charge in [-0.15, -0.1) is 0 Å². The van der Waals surface area contributed by atoms with Crippen LogP contribution in [0.5, 0.6) is 11.5 Å². The number of benzene rings is 1. The van der Waals surface area contributed by atoms with Crippen LogP contribution in [0.2, 0.25) is 0 Å². The zero-order valence-electron chi connectivity index (χ0n) is 35.4. The highest BCUT2D eigenvalue weighted by molar-refractivity contribution is 5.76. The number of methoxy groups -OCH3 is 2. The minimum absolute atomic E-state index is 0.452. The number of piperidine rings is 1. The van der Waals surface area contributed by atoms with Gasteiger partial charge in [-0.2, -0.15) is 0 Å². The lowest BCUT2D eigenvalue weighted by molar-refractivity contribution is -0.160. The molecule has 2 heterocycles. The van der Waals surface area contributed by atoms with Gasteiger partial charge in [0.05, 0.1) is 18.3 Å². The van der Waals surface area contributed by atoms with Gasteiger partial charge in [-0.05, 0) is 47.8 Å². The second-order valence-corrected chi connectivity index (χ2v) is 6.99. The minimum atomic E-state index is -4.28. The Morgan fingerprint density at radius 1 is 1.43 bits per heavy atom. The molecule has 30 heavy (non-hydrogen) atoms. The number of esters is 1. The van der Waals surface area contributed by atoms with Crippen molar-refractivity contribution < 1.29 is 43.7 Å². The predicted octanol–water partition coefficient (Wildman–Crippen LogP) is 3.56. The van der Waals surface area contributed by atoms with Gasteiger partial charge < -0.3 is 19.9 Å². The molecule has 6 nitrogen and oxygen atoms in total. The maximum absolute atomic E-state index is 13.3. The molecular formula is C24H38N2O4. The molecule has 0 spiro atoms. The summed E-state index contributed by atoms with van der Waals surface area (Å²) in [6, 6.07) is -7.57. The Morgan fingerprint density at radius 2 is 2.13 bits per heavy atom. The maximum Gasteiger partial charge on any atom is 0.323 e. The van der Waals surface area contributed by atoms with Crippen molar-refractivity contribution in [2.45, 2.75) is 64.9 Å². The average Bonchev–Trinajstić information content (AvgIpc) is 2.92. The maximum atomic E-state index is 13.3. The number of nitrogens with zero attached hydrogens (tertiary/aromatic N) is 1. The molecule has 0 radical (unpaired) electrons. The van der Waals surface area contributed by atoms with Crippen molar-refractivity contribution in [3.05, 3.63) is 23.2 Å². The molecule has 2 aliphatic heterocycles. The highest BCUT2D eigenvalue weighted by Crippen LogP contribution is 2.44. The van der Waals surface area contributed by atoms with Gasteiger partial charge >= 0.3 is 5.97 Å². The molecule has 2 aliphatic rings. The van der Waals surface area contributed by atoms with Crippen LogP contribution < -0.4 is 15.2 Å². The number of nitrogens with two attached hydrogens (primary N) is 1. The van der Waals surface area contributed by atoms with Gasteiger partial charge in [0.1, 0.15) is 12.1 Å². The van der Waals surface area contributed by atoms with Crippen molar-refractivity contribution >= 4 is 5.97 Å². The van der Waals surface area contributed by atoms with Crippen LogP contribution in [0.25, 0.3) is 0 Å². The molecule has 0 saturated carbocycles. The molecule has 1 aromatic rings. The third-order valence-electron chi connectivity index (χ3n) is 4.40. The van der Waals surface area contributed by atoms with Gasteiger partial charge in [-0.25, -0.2) is 0 Å². The van der Waals surface area contributed by atoms with Crippen LogP contribution in [0, 0.1) is 17.7 Å². The van der Waals surface area contributed by atoms with E-state index in [1.54, 1.807) is 0 Å². The van der Waals surface area contributed by atoms with Crippen LogP contribution in [0.3, 0.4) is 0 Å². The smallest absolute Gasteiger partial charge is 0.323 e. The Labute approximate surface area is 206 Å². The van der Waals surface area contributed by atoms with E-state index < -0.39 is 120 Å². The molecule has 0 bridgehead atoms. The zero-order valence-corrected chi connectivity index (χ0v) is 17.4. The highest BCUT2D eigenvalue weighted by atomic mass is 16.5. The lowest BCUT2D eigenvalue weighted by Crippen LogP contribution is -2.51. The number of carbonyl (C=O) groups excluding carboxylic acids is 1. The Morgan fingerprint density at radius 3 is 2.77 bits per heavy atom. The first-order valence-electron chi connectivity index (χ1n) is 18.2. The number of hydrogen-bond acceptors (Lipinski definition) is 6. The van der Waals surface area contributed by atoms with Crippen LogP contribution in [-0.4, -0.2) is 50.2 Å². The molecule has 2 N–H and O–H groups in total. The monoisotopic (exact) mass is 436 g/mol. The first-order chi connectivity index (χ1) is 21.2. The molecule has 5 atom stereocenters. The fourth-order valence-electron chi connectivity index (χ4n) is 2.75. The number of carbonyl (C=O) groups is 1. The van der Waals surface area contributed by atoms with E-state index in [1.807, 2.05) is 0 Å². The second kappa shape index (κ2) is 9.56. The topological polar surface area (TPSA) is 74.0 Å². The molecular weight excluding hydrogens is 380 g/mol. The Bertz CT molecular complexity index is 1480. The highest BCUT2D eigenvalue weighted by Gasteiger charge is 2.41. The van der Waals surface area contributed by atoms with Crippen molar-refractivity contribution in [3.63, 3.8) is 0 Å². The van der Waals surface area contributed by atoms with Crippen molar-refractivity contribution in [2.75, 3.05) is 27.2 Å². The fourth-order valence-corrected chi connectivity index (χ4v) is 2.75. The molecule has 1 aromatic carbocycles. The molecule has 1 fully saturated rings. The molecule has 4 unspecified atom stereocenters. The van der Waals surface area contributed by atoms with E-state index in [4.69, 9.17) is 36.4 Å². The molecule has 3 rings (SSSR count). The summed E-state index contributed by atoms with van der Waals surface area (Å²) in [6.07, 6.45) is -15.1. The number of hydrogen-bond donors (Lipinski definition) is 1. The summed E-state index contributed by atoms with van der Waals surface area (Å²) in [7, 11) is 1.98. The number of ether oxygens (including phenoxy) is 3. The SMILES string of the molecule is [2H]c1c(OC)c(OC)c([2H])c2c1C([2H])([2H])C([2H])([2H])N1C([2H])([2H])C([2H])(C([2H])([2H])C([2H])(C)C([2H])([2H])[2H])C(OC(=O)[C@@H](N)C(C)C)C([2H])([2H])C21[2H]. The van der Waals surface area contributed by atoms with E-state index in [0.717, 1.165) is 14.2 Å². The third-order valence-corrected chi connectivity index (χ3v) is 4.40. The summed E-state index contributed by atoms with van der Waals surface area (Å²) in [5.41, 5.74) is 3.53. The summed E-state index contributed by atoms with van der Waals surface area (Å²) in [6.45, 7) is -8.69. The summed E-state index contributed by atoms with van der Waals surface area (Å²) in [4.78, 5) is 12.9. The Kier molecular flexibility index (Phi) is 2.86. The largest absolute Gasteiger partial charge is 0.493 e. The second-order valence-electron chi connectivity index (χ2n) is 6.99. The lowest BCUT2D eigenvalue weighted by Gasteiger charge is -2.47. The molecule has 0 aliphatic carbocycles. The Balaban J connectivity index is 2.73. The van der Waals surface area contributed by atoms with E-state index >= 15 is 0 Å². The zero-order chi connectivity index (χ0) is 38.0. The van der Waals surface area contributed by atoms with Crippen LogP contribution in [0.15, 0.2) is 12.1 Å². The number of rotatable bonds is 7. The van der Waals surface area contributed by atoms with Gasteiger partial charge in [-0.1, -0.05) is 27.6 Å². The van der Waals surface area contributed by atoms with Crippen molar-refractivity contribution in [2.24, 2.45) is 23.4 Å². The minimum Gasteiger partial charge on any atom is -0.493 e. The fraction of sp³-hybridized carbons (Fsp3) is 0.708. The third kappa shape index (κ3) is 4.75. The van der Waals surface area contributed by atoms with Crippen molar-refractivity contribution in [1.29, 1.82) is 0 Å². The van der Waals surface area contributed by atoms with E-state index in [2.05, 4.69) is 0 Å². The van der Waals surface area contributed by atoms with E-state index in [-0.39, 0.29) is 0 Å². The van der Waals surface area contributed by atoms with Crippen LogP contribution in [0.4, 0.5) is 0 Å². The number of fused-ring (bicyclic) bond motifs is 3. The van der Waals surface area contributed by atoms with Crippen LogP contribution in [-0.2, 0) is 15.9 Å². The summed E-state index contributed by atoms with van der Waals surface area (Å²) in [5, 5.41) is 0. The standard InChI is InChI=1S/C24H38N2O4/c1-14(2)9-17-13-26-8-7-16-10-21(28-5)22(29-6)11-18(16)19(26)12-20(17)30-24(27)23(25)15(3)4/h10-11,14-15,17,19-20,23H,7-9,12-13,25H2,1-6H3/t17?,19?,20?,23-/m0/s1/i1D3,7D2,8D2,9D2,10D,11D,12D2,13D2,14D,17D,19D/t14?,17?,19?,20?,23-. The van der Waals surface area contributed by atoms with Gasteiger partial charge in [0.15, 0.2) is 11.5 Å². The first-order valence-corrected chi connectivity index (χ1v) is 9.23. The summed E-state index contributed by atoms with van der Waals surface area (Å²) >= 11 is 0. The van der Waals surface area contributed by atoms with Gasteiger partial charge in [0, 0.05) is 51.8 Å². The summed E-state index contributed by atoms with van der Waals surface area (Å²) < 4.78 is 175. The average molecular weight is 437 g/mol. The van der Waals surface area contributed by atoms with Gasteiger partial charge in [0.2, 0.25) is 0 Å². The molecule has 168 valence electrons. The van der Waals surface area contributed by atoms with Gasteiger partial charge in [0.25, 0.3) is 0 Å². The van der Waals surface area contributed by atoms with Gasteiger partial charge in [-0.3, -0.25) is 9.69 Å². The van der Waals surface area contributed by atoms with Crippen molar-refractivity contribution in [1.82, 2.24) is 4.90 Å². The van der Waals surface area contributed by atoms with E-state index in [9.17, 15) is 13.0 Å². The first kappa shape index (κ1) is 8.99. The molecule has 6 heteroatoms. The predicted molar refractivity (Wildman–Crippen MR) is 118 cm³/mol. The quantitative estimate of drug-likeness (QED) is 0.659. The van der Waals surface area contributed by atoms with Crippen molar-refractivity contribution in [3.8, 4) is 11.5 Å². The Hall–Kier alpha value is -1.79. The normalized spacial score (nSPS) is 48.2. The van der Waals surface area contributed by atoms with Crippen LogP contribution >= 0.6 is 0 Å². The molecule has 0 aromatic heterocycles. The lowest BCUT2D eigenvalue weighted by atomic mass is 9.79. The molecule has 0 amide bonds.